The fourth-order valence-electron chi connectivity index (χ4n) is 3.88. The topological polar surface area (TPSA) is 103 Å². The second kappa shape index (κ2) is 7.44. The Balaban J connectivity index is 1.58. The molecule has 1 aliphatic heterocycles. The SMILES string of the molecule is Cc1cc(-c2c(C)[nH]n(-c3nc(-c4sccc4Cl)cs3)c2=O)n([C@H]2CCS(=O)(=O)C2)n1. The predicted molar refractivity (Wildman–Crippen MR) is 123 cm³/mol. The molecule has 0 aromatic carbocycles. The van der Waals surface area contributed by atoms with E-state index in [4.69, 9.17) is 11.6 Å². The number of thiazole rings is 1. The monoisotopic (exact) mass is 495 g/mol. The molecule has 1 N–H and O–H groups in total. The van der Waals surface area contributed by atoms with Crippen molar-refractivity contribution in [2.45, 2.75) is 26.3 Å². The van der Waals surface area contributed by atoms with Crippen molar-refractivity contribution in [3.05, 3.63) is 49.7 Å². The smallest absolute Gasteiger partial charge is 0.283 e. The van der Waals surface area contributed by atoms with Gasteiger partial charge in [-0.1, -0.05) is 11.6 Å². The highest BCUT2D eigenvalue weighted by atomic mass is 35.5. The van der Waals surface area contributed by atoms with E-state index in [-0.39, 0.29) is 23.1 Å². The zero-order valence-electron chi connectivity index (χ0n) is 16.6. The Hall–Kier alpha value is -2.21. The highest BCUT2D eigenvalue weighted by molar-refractivity contribution is 7.91. The third-order valence-corrected chi connectivity index (χ3v) is 9.21. The van der Waals surface area contributed by atoms with Crippen LogP contribution in [0.5, 0.6) is 0 Å². The lowest BCUT2D eigenvalue weighted by atomic mass is 10.1. The van der Waals surface area contributed by atoms with E-state index in [0.717, 1.165) is 16.3 Å². The molecule has 162 valence electrons. The first kappa shape index (κ1) is 20.7. The number of hydrogen-bond donors (Lipinski definition) is 1. The Morgan fingerprint density at radius 2 is 2.10 bits per heavy atom. The molecule has 1 atom stereocenters. The number of nitrogens with one attached hydrogen (secondary N) is 1. The van der Waals surface area contributed by atoms with Crippen molar-refractivity contribution in [1.29, 1.82) is 0 Å². The standard InChI is InChI=1S/C19H18ClN5O3S3/c1-10-7-15(24(22-10)12-4-6-31(27,28)9-12)16-11(2)23-25(18(16)26)19-21-14(8-30-19)17-13(20)3-5-29-17/h3,5,7-8,12,23H,4,6,9H2,1-2H3/t12-/m0/s1. The van der Waals surface area contributed by atoms with E-state index < -0.39 is 9.84 Å². The van der Waals surface area contributed by atoms with E-state index in [1.54, 1.807) is 4.68 Å². The summed E-state index contributed by atoms with van der Waals surface area (Å²) in [5, 5.41) is 12.5. The lowest BCUT2D eigenvalue weighted by Crippen LogP contribution is -2.18. The van der Waals surface area contributed by atoms with Crippen LogP contribution in [0.15, 0.2) is 27.7 Å². The molecule has 4 aromatic heterocycles. The summed E-state index contributed by atoms with van der Waals surface area (Å²) in [7, 11) is -3.08. The van der Waals surface area contributed by atoms with Crippen LogP contribution in [0.25, 0.3) is 27.0 Å². The van der Waals surface area contributed by atoms with Crippen LogP contribution in [-0.2, 0) is 9.84 Å². The number of aryl methyl sites for hydroxylation is 2. The molecule has 5 rings (SSSR count). The minimum atomic E-state index is -3.08. The number of hydrogen-bond acceptors (Lipinski definition) is 7. The number of aromatic nitrogens is 5. The Labute approximate surface area is 191 Å². The van der Waals surface area contributed by atoms with Gasteiger partial charge in [-0.15, -0.1) is 22.7 Å². The van der Waals surface area contributed by atoms with Gasteiger partial charge in [0.2, 0.25) is 5.13 Å². The van der Waals surface area contributed by atoms with Crippen molar-refractivity contribution >= 4 is 44.1 Å². The van der Waals surface area contributed by atoms with Gasteiger partial charge in [-0.05, 0) is 37.8 Å². The van der Waals surface area contributed by atoms with Gasteiger partial charge < -0.3 is 0 Å². The van der Waals surface area contributed by atoms with Gasteiger partial charge in [-0.25, -0.2) is 13.4 Å². The van der Waals surface area contributed by atoms with Gasteiger partial charge in [0.1, 0.15) is 0 Å². The van der Waals surface area contributed by atoms with Crippen molar-refractivity contribution in [1.82, 2.24) is 24.5 Å². The van der Waals surface area contributed by atoms with Gasteiger partial charge in [0.05, 0.1) is 50.1 Å². The average Bonchev–Trinajstić information content (AvgIpc) is 3.49. The zero-order chi connectivity index (χ0) is 21.9. The molecular weight excluding hydrogens is 478 g/mol. The Kier molecular flexibility index (Phi) is 4.96. The van der Waals surface area contributed by atoms with Crippen LogP contribution in [0, 0.1) is 13.8 Å². The van der Waals surface area contributed by atoms with Gasteiger partial charge in [-0.3, -0.25) is 14.6 Å². The summed E-state index contributed by atoms with van der Waals surface area (Å²) in [5.74, 6) is 0.176. The third-order valence-electron chi connectivity index (χ3n) is 5.27. The van der Waals surface area contributed by atoms with Crippen LogP contribution in [-0.4, -0.2) is 44.5 Å². The maximum Gasteiger partial charge on any atom is 0.283 e. The Morgan fingerprint density at radius 3 is 2.77 bits per heavy atom. The van der Waals surface area contributed by atoms with E-state index in [0.29, 0.717) is 33.5 Å². The third kappa shape index (κ3) is 3.59. The van der Waals surface area contributed by atoms with Crippen LogP contribution in [0.1, 0.15) is 23.9 Å². The molecule has 0 unspecified atom stereocenters. The molecule has 5 heterocycles. The van der Waals surface area contributed by atoms with Gasteiger partial charge in [0.15, 0.2) is 9.84 Å². The first-order valence-electron chi connectivity index (χ1n) is 9.51. The fourth-order valence-corrected chi connectivity index (χ4v) is 7.53. The first-order chi connectivity index (χ1) is 14.7. The van der Waals surface area contributed by atoms with Crippen LogP contribution >= 0.6 is 34.3 Å². The molecule has 8 nitrogen and oxygen atoms in total. The molecule has 0 radical (unpaired) electrons. The predicted octanol–water partition coefficient (Wildman–Crippen LogP) is 3.84. The maximum atomic E-state index is 13.4. The van der Waals surface area contributed by atoms with Crippen LogP contribution in [0.4, 0.5) is 0 Å². The Morgan fingerprint density at radius 1 is 1.29 bits per heavy atom. The number of halogens is 1. The van der Waals surface area contributed by atoms with Gasteiger partial charge in [-0.2, -0.15) is 9.78 Å². The Bertz CT molecular complexity index is 1460. The summed E-state index contributed by atoms with van der Waals surface area (Å²) in [6, 6.07) is 3.37. The van der Waals surface area contributed by atoms with Crippen LogP contribution in [0.2, 0.25) is 5.02 Å². The molecular formula is C19H18ClN5O3S3. The maximum absolute atomic E-state index is 13.4. The summed E-state index contributed by atoms with van der Waals surface area (Å²) in [4.78, 5) is 18.8. The lowest BCUT2D eigenvalue weighted by molar-refractivity contribution is 0.502. The van der Waals surface area contributed by atoms with Gasteiger partial charge in [0.25, 0.3) is 5.56 Å². The molecule has 0 aliphatic carbocycles. The van der Waals surface area contributed by atoms with Crippen LogP contribution < -0.4 is 5.56 Å². The zero-order valence-corrected chi connectivity index (χ0v) is 19.8. The highest BCUT2D eigenvalue weighted by Crippen LogP contribution is 2.35. The van der Waals surface area contributed by atoms with Gasteiger partial charge >= 0.3 is 0 Å². The molecule has 31 heavy (non-hydrogen) atoms. The van der Waals surface area contributed by atoms with Crippen molar-refractivity contribution in [3.63, 3.8) is 0 Å². The summed E-state index contributed by atoms with van der Waals surface area (Å²) >= 11 is 9.05. The number of H-pyrrole nitrogens is 1. The second-order valence-corrected chi connectivity index (χ2v) is 11.9. The van der Waals surface area contributed by atoms with Crippen molar-refractivity contribution in [2.75, 3.05) is 11.5 Å². The van der Waals surface area contributed by atoms with Gasteiger partial charge in [0, 0.05) is 11.1 Å². The van der Waals surface area contributed by atoms with Crippen molar-refractivity contribution < 1.29 is 8.42 Å². The fraction of sp³-hybridized carbons (Fsp3) is 0.316. The molecule has 1 saturated heterocycles. The lowest BCUT2D eigenvalue weighted by Gasteiger charge is -2.12. The summed E-state index contributed by atoms with van der Waals surface area (Å²) in [6.07, 6.45) is 0.492. The minimum Gasteiger partial charge on any atom is -0.293 e. The molecule has 4 aromatic rings. The van der Waals surface area contributed by atoms with E-state index in [9.17, 15) is 13.2 Å². The summed E-state index contributed by atoms with van der Waals surface area (Å²) in [5.41, 5.74) is 2.95. The van der Waals surface area contributed by atoms with E-state index in [1.807, 2.05) is 36.7 Å². The summed E-state index contributed by atoms with van der Waals surface area (Å²) in [6.45, 7) is 3.65. The normalized spacial score (nSPS) is 18.1. The highest BCUT2D eigenvalue weighted by Gasteiger charge is 2.32. The quantitative estimate of drug-likeness (QED) is 0.463. The van der Waals surface area contributed by atoms with E-state index in [2.05, 4.69) is 15.2 Å². The molecule has 1 fully saturated rings. The van der Waals surface area contributed by atoms with E-state index in [1.165, 1.54) is 27.4 Å². The molecule has 0 amide bonds. The number of sulfone groups is 1. The van der Waals surface area contributed by atoms with Crippen LogP contribution in [0.3, 0.4) is 0 Å². The summed E-state index contributed by atoms with van der Waals surface area (Å²) < 4.78 is 27.1. The average molecular weight is 496 g/mol. The first-order valence-corrected chi connectivity index (χ1v) is 13.5. The molecule has 0 saturated carbocycles. The van der Waals surface area contributed by atoms with Crippen molar-refractivity contribution in [3.8, 4) is 27.0 Å². The minimum absolute atomic E-state index is 0.0379. The van der Waals surface area contributed by atoms with Crippen molar-refractivity contribution in [2.24, 2.45) is 0 Å². The molecule has 0 bridgehead atoms. The number of nitrogens with zero attached hydrogens (tertiary/aromatic N) is 4. The number of thiophene rings is 1. The van der Waals surface area contributed by atoms with E-state index >= 15 is 0 Å². The molecule has 12 heteroatoms. The molecule has 1 aliphatic rings. The number of aromatic amines is 1. The largest absolute Gasteiger partial charge is 0.293 e. The number of rotatable bonds is 4. The molecule has 0 spiro atoms. The second-order valence-electron chi connectivity index (χ2n) is 7.54.